The van der Waals surface area contributed by atoms with E-state index < -0.39 is 17.9 Å². The molecule has 0 saturated carbocycles. The van der Waals surface area contributed by atoms with E-state index in [9.17, 15) is 22.8 Å². The third-order valence-corrected chi connectivity index (χ3v) is 4.73. The number of nitrogens with zero attached hydrogens (tertiary/aromatic N) is 2. The van der Waals surface area contributed by atoms with Crippen LogP contribution in [0.2, 0.25) is 0 Å². The van der Waals surface area contributed by atoms with Gasteiger partial charge in [0.1, 0.15) is 5.03 Å². The number of benzene rings is 2. The summed E-state index contributed by atoms with van der Waals surface area (Å²) < 4.78 is 39.1. The van der Waals surface area contributed by atoms with Gasteiger partial charge in [-0.1, -0.05) is 30.0 Å². The molecule has 0 spiro atoms. The van der Waals surface area contributed by atoms with Crippen LogP contribution in [0.25, 0.3) is 10.9 Å². The molecule has 28 heavy (non-hydrogen) atoms. The Hall–Kier alpha value is -2.94. The van der Waals surface area contributed by atoms with Crippen molar-refractivity contribution in [3.05, 3.63) is 59.9 Å². The van der Waals surface area contributed by atoms with Crippen molar-refractivity contribution in [3.8, 4) is 0 Å². The highest BCUT2D eigenvalue weighted by atomic mass is 32.2. The zero-order chi connectivity index (χ0) is 20.3. The molecule has 0 unspecified atom stereocenters. The van der Waals surface area contributed by atoms with Crippen molar-refractivity contribution >= 4 is 40.0 Å². The van der Waals surface area contributed by atoms with Crippen molar-refractivity contribution in [2.45, 2.75) is 18.1 Å². The average molecular weight is 405 g/mol. The molecule has 5 nitrogen and oxygen atoms in total. The van der Waals surface area contributed by atoms with Gasteiger partial charge in [-0.15, -0.1) is 0 Å². The Balaban J connectivity index is 1.75. The SMILES string of the molecule is CC(=O)c1ccc(NC(=O)CSc2nc(C(F)(F)F)nc3ccccc23)cc1. The van der Waals surface area contributed by atoms with E-state index in [0.717, 1.165) is 11.8 Å². The summed E-state index contributed by atoms with van der Waals surface area (Å²) in [6.45, 7) is 1.44. The van der Waals surface area contributed by atoms with Crippen molar-refractivity contribution in [2.75, 3.05) is 11.1 Å². The number of thioether (sulfide) groups is 1. The molecule has 9 heteroatoms. The highest BCUT2D eigenvalue weighted by Crippen LogP contribution is 2.32. The van der Waals surface area contributed by atoms with Crippen LogP contribution in [0.1, 0.15) is 23.1 Å². The molecule has 0 bridgehead atoms. The maximum absolute atomic E-state index is 13.0. The lowest BCUT2D eigenvalue weighted by molar-refractivity contribution is -0.145. The number of para-hydroxylation sites is 1. The number of rotatable bonds is 5. The Labute approximate surface area is 162 Å². The molecular formula is C19H14F3N3O2S. The number of aromatic nitrogens is 2. The van der Waals surface area contributed by atoms with Crippen LogP contribution in [-0.2, 0) is 11.0 Å². The van der Waals surface area contributed by atoms with Crippen LogP contribution >= 0.6 is 11.8 Å². The molecule has 144 valence electrons. The van der Waals surface area contributed by atoms with E-state index in [2.05, 4.69) is 15.3 Å². The van der Waals surface area contributed by atoms with Gasteiger partial charge in [-0.25, -0.2) is 9.97 Å². The van der Waals surface area contributed by atoms with Crippen molar-refractivity contribution < 1.29 is 22.8 Å². The van der Waals surface area contributed by atoms with E-state index in [-0.39, 0.29) is 22.1 Å². The Kier molecular flexibility index (Phi) is 5.64. The summed E-state index contributed by atoms with van der Waals surface area (Å²) >= 11 is 0.898. The standard InChI is InChI=1S/C19H14F3N3O2S/c1-11(26)12-6-8-13(9-7-12)23-16(27)10-28-17-14-4-2-3-5-15(14)24-18(25-17)19(20,21)22/h2-9H,10H2,1H3,(H,23,27). The molecule has 1 amide bonds. The zero-order valence-corrected chi connectivity index (χ0v) is 15.4. The maximum atomic E-state index is 13.0. The molecule has 0 aliphatic heterocycles. The molecule has 2 aromatic carbocycles. The van der Waals surface area contributed by atoms with Crippen LogP contribution in [0.5, 0.6) is 0 Å². The lowest BCUT2D eigenvalue weighted by Gasteiger charge is -2.10. The minimum absolute atomic E-state index is 0.0833. The van der Waals surface area contributed by atoms with Gasteiger partial charge < -0.3 is 5.32 Å². The summed E-state index contributed by atoms with van der Waals surface area (Å²) in [5.41, 5.74) is 1.16. The van der Waals surface area contributed by atoms with Crippen LogP contribution in [0, 0.1) is 0 Å². The monoisotopic (exact) mass is 405 g/mol. The second-order valence-electron chi connectivity index (χ2n) is 5.84. The minimum atomic E-state index is -4.68. The van der Waals surface area contributed by atoms with E-state index in [1.54, 1.807) is 42.5 Å². The summed E-state index contributed by atoms with van der Waals surface area (Å²) in [4.78, 5) is 30.6. The second kappa shape index (κ2) is 7.97. The Morgan fingerprint density at radius 3 is 2.36 bits per heavy atom. The van der Waals surface area contributed by atoms with Crippen LogP contribution < -0.4 is 5.32 Å². The largest absolute Gasteiger partial charge is 0.451 e. The molecule has 3 rings (SSSR count). The first-order valence-corrected chi connectivity index (χ1v) is 9.10. The normalized spacial score (nSPS) is 11.4. The first kappa shape index (κ1) is 19.8. The summed E-state index contributed by atoms with van der Waals surface area (Å²) in [5.74, 6) is -1.87. The van der Waals surface area contributed by atoms with Crippen molar-refractivity contribution in [3.63, 3.8) is 0 Å². The van der Waals surface area contributed by atoms with Crippen molar-refractivity contribution in [1.29, 1.82) is 0 Å². The van der Waals surface area contributed by atoms with Crippen molar-refractivity contribution in [2.24, 2.45) is 0 Å². The first-order chi connectivity index (χ1) is 13.2. The predicted octanol–water partition coefficient (Wildman–Crippen LogP) is 4.58. The van der Waals surface area contributed by atoms with E-state index >= 15 is 0 Å². The summed E-state index contributed by atoms with van der Waals surface area (Å²) in [7, 11) is 0. The third kappa shape index (κ3) is 4.66. The lowest BCUT2D eigenvalue weighted by atomic mass is 10.1. The number of carbonyl (C=O) groups excluding carboxylic acids is 2. The molecule has 1 N–H and O–H groups in total. The van der Waals surface area contributed by atoms with Gasteiger partial charge >= 0.3 is 6.18 Å². The quantitative estimate of drug-likeness (QED) is 0.382. The fraction of sp³-hybridized carbons (Fsp3) is 0.158. The Morgan fingerprint density at radius 2 is 1.71 bits per heavy atom. The van der Waals surface area contributed by atoms with E-state index in [4.69, 9.17) is 0 Å². The summed E-state index contributed by atoms with van der Waals surface area (Å²) in [5, 5.41) is 3.16. The number of amides is 1. The maximum Gasteiger partial charge on any atom is 0.451 e. The number of alkyl halides is 3. The third-order valence-electron chi connectivity index (χ3n) is 3.74. The van der Waals surface area contributed by atoms with Gasteiger partial charge in [0.25, 0.3) is 0 Å². The Bertz CT molecular complexity index is 1040. The predicted molar refractivity (Wildman–Crippen MR) is 100 cm³/mol. The van der Waals surface area contributed by atoms with Gasteiger partial charge in [-0.05, 0) is 37.3 Å². The molecule has 1 heterocycles. The summed E-state index contributed by atoms with van der Waals surface area (Å²) in [6, 6.07) is 12.7. The second-order valence-corrected chi connectivity index (χ2v) is 6.80. The van der Waals surface area contributed by atoms with Crippen molar-refractivity contribution in [1.82, 2.24) is 9.97 Å². The number of hydrogen-bond acceptors (Lipinski definition) is 5. The van der Waals surface area contributed by atoms with E-state index in [1.165, 1.54) is 13.0 Å². The number of nitrogens with one attached hydrogen (secondary N) is 1. The molecule has 3 aromatic rings. The van der Waals surface area contributed by atoms with E-state index in [1.807, 2.05) is 0 Å². The van der Waals surface area contributed by atoms with E-state index in [0.29, 0.717) is 16.6 Å². The lowest BCUT2D eigenvalue weighted by Crippen LogP contribution is -2.15. The Morgan fingerprint density at radius 1 is 1.04 bits per heavy atom. The van der Waals surface area contributed by atoms with Gasteiger partial charge in [0.2, 0.25) is 11.7 Å². The number of anilines is 1. The number of carbonyl (C=O) groups is 2. The zero-order valence-electron chi connectivity index (χ0n) is 14.6. The number of hydrogen-bond donors (Lipinski definition) is 1. The van der Waals surface area contributed by atoms with Gasteiger partial charge in [0, 0.05) is 16.6 Å². The molecule has 0 atom stereocenters. The fourth-order valence-corrected chi connectivity index (χ4v) is 3.22. The average Bonchev–Trinajstić information content (AvgIpc) is 2.65. The topological polar surface area (TPSA) is 72.0 Å². The smallest absolute Gasteiger partial charge is 0.325 e. The number of Topliss-reactive ketones (excluding diaryl/α,β-unsaturated/α-hetero) is 1. The highest BCUT2D eigenvalue weighted by molar-refractivity contribution is 8.00. The van der Waals surface area contributed by atoms with Crippen LogP contribution in [0.3, 0.4) is 0 Å². The molecule has 0 radical (unpaired) electrons. The first-order valence-electron chi connectivity index (χ1n) is 8.11. The molecule has 0 fully saturated rings. The summed E-state index contributed by atoms with van der Waals surface area (Å²) in [6.07, 6.45) is -4.68. The van der Waals surface area contributed by atoms with Crippen LogP contribution in [0.15, 0.2) is 53.6 Å². The molecule has 0 aliphatic rings. The molecule has 1 aromatic heterocycles. The molecule has 0 saturated heterocycles. The van der Waals surface area contributed by atoms with Gasteiger partial charge in [-0.3, -0.25) is 9.59 Å². The highest BCUT2D eigenvalue weighted by Gasteiger charge is 2.35. The van der Waals surface area contributed by atoms with Crippen LogP contribution in [-0.4, -0.2) is 27.4 Å². The molecule has 0 aliphatic carbocycles. The minimum Gasteiger partial charge on any atom is -0.325 e. The van der Waals surface area contributed by atoms with Gasteiger partial charge in [-0.2, -0.15) is 13.2 Å². The molecular weight excluding hydrogens is 391 g/mol. The number of halogens is 3. The van der Waals surface area contributed by atoms with Gasteiger partial charge in [0.05, 0.1) is 11.3 Å². The fourth-order valence-electron chi connectivity index (χ4n) is 2.40. The number of ketones is 1. The number of fused-ring (bicyclic) bond motifs is 1. The van der Waals surface area contributed by atoms with Crippen LogP contribution in [0.4, 0.5) is 18.9 Å². The van der Waals surface area contributed by atoms with Gasteiger partial charge in [0.15, 0.2) is 5.78 Å².